The van der Waals surface area contributed by atoms with Crippen molar-refractivity contribution >= 4 is 37.8 Å². The number of carbonyl (C=O) groups is 1. The fourth-order valence-electron chi connectivity index (χ4n) is 3.90. The number of imidazole rings is 1. The van der Waals surface area contributed by atoms with Gasteiger partial charge in [0, 0.05) is 26.0 Å². The van der Waals surface area contributed by atoms with Crippen LogP contribution in [-0.4, -0.2) is 52.1 Å². The van der Waals surface area contributed by atoms with Gasteiger partial charge in [0.05, 0.1) is 27.4 Å². The quantitative estimate of drug-likeness (QED) is 0.360. The van der Waals surface area contributed by atoms with E-state index >= 15 is 0 Å². The predicted molar refractivity (Wildman–Crippen MR) is 132 cm³/mol. The first-order valence-corrected chi connectivity index (χ1v) is 12.6. The van der Waals surface area contributed by atoms with E-state index in [-0.39, 0.29) is 28.8 Å². The number of fused-ring (bicyclic) bond motifs is 2. The third-order valence-corrected chi connectivity index (χ3v) is 7.55. The lowest BCUT2D eigenvalue weighted by atomic mass is 10.1. The average molecular weight is 498 g/mol. The number of aryl methyl sites for hydroxylation is 1. The topological polar surface area (TPSA) is 116 Å². The van der Waals surface area contributed by atoms with Gasteiger partial charge in [-0.15, -0.1) is 0 Å². The first kappa shape index (κ1) is 24.6. The van der Waals surface area contributed by atoms with Crippen LogP contribution in [0.5, 0.6) is 0 Å². The van der Waals surface area contributed by atoms with Gasteiger partial charge in [-0.05, 0) is 45.0 Å². The monoisotopic (exact) mass is 497 g/mol. The second kappa shape index (κ2) is 9.23. The highest BCUT2D eigenvalue weighted by molar-refractivity contribution is 7.89. The molecule has 0 spiro atoms. The number of hydrogen-bond acceptors (Lipinski definition) is 7. The molecule has 0 radical (unpaired) electrons. The van der Waals surface area contributed by atoms with E-state index in [2.05, 4.69) is 10.1 Å². The predicted octanol–water partition coefficient (Wildman–Crippen LogP) is 2.95. The van der Waals surface area contributed by atoms with Gasteiger partial charge in [-0.1, -0.05) is 18.2 Å². The Balaban J connectivity index is 1.69. The maximum absolute atomic E-state index is 13.1. The highest BCUT2D eigenvalue weighted by atomic mass is 32.2. The first-order chi connectivity index (χ1) is 16.6. The lowest BCUT2D eigenvalue weighted by Gasteiger charge is -2.13. The van der Waals surface area contributed by atoms with Crippen LogP contribution >= 0.6 is 0 Å². The van der Waals surface area contributed by atoms with Gasteiger partial charge >= 0.3 is 5.97 Å². The minimum absolute atomic E-state index is 0.0485. The van der Waals surface area contributed by atoms with Crippen molar-refractivity contribution in [2.45, 2.75) is 44.9 Å². The molecule has 4 aromatic rings. The maximum atomic E-state index is 13.1. The van der Waals surface area contributed by atoms with Crippen LogP contribution in [0.25, 0.3) is 21.8 Å². The number of ether oxygens (including phenoxy) is 1. The summed E-state index contributed by atoms with van der Waals surface area (Å²) in [5, 5.41) is 5.09. The lowest BCUT2D eigenvalue weighted by molar-refractivity contribution is 0.0451. The molecule has 184 valence electrons. The van der Waals surface area contributed by atoms with Gasteiger partial charge < -0.3 is 9.30 Å². The van der Waals surface area contributed by atoms with Gasteiger partial charge in [0.25, 0.3) is 5.56 Å². The fraction of sp³-hybridized carbons (Fsp3) is 0.333. The molecule has 35 heavy (non-hydrogen) atoms. The molecule has 0 amide bonds. The van der Waals surface area contributed by atoms with Gasteiger partial charge in [-0.2, -0.15) is 5.10 Å². The molecule has 2 heterocycles. The van der Waals surface area contributed by atoms with Crippen LogP contribution in [0, 0.1) is 0 Å². The average Bonchev–Trinajstić information content (AvgIpc) is 3.19. The van der Waals surface area contributed by atoms with E-state index in [4.69, 9.17) is 4.74 Å². The van der Waals surface area contributed by atoms with E-state index in [1.54, 1.807) is 30.3 Å². The van der Waals surface area contributed by atoms with Gasteiger partial charge in [0.15, 0.2) is 5.69 Å². The Morgan fingerprint density at radius 3 is 2.43 bits per heavy atom. The number of hydrogen-bond donors (Lipinski definition) is 0. The van der Waals surface area contributed by atoms with Crippen molar-refractivity contribution < 1.29 is 17.9 Å². The fourth-order valence-corrected chi connectivity index (χ4v) is 4.82. The molecule has 0 atom stereocenters. The Kier molecular flexibility index (Phi) is 6.48. The Bertz CT molecular complexity index is 1600. The SMILES string of the molecule is CCn1c(COC(=O)c2nn(C(C)C)c(=O)c3ccccc23)nc2cc(S(=O)(=O)N(C)C)ccc21. The summed E-state index contributed by atoms with van der Waals surface area (Å²) in [5.74, 6) is -0.210. The standard InChI is InChI=1S/C24H27N5O5S/c1-6-28-20-12-11-16(35(32,33)27(4)5)13-19(20)25-21(28)14-34-24(31)22-17-9-7-8-10-18(17)23(30)29(26-22)15(2)3/h7-13,15H,6,14H2,1-5H3. The summed E-state index contributed by atoms with van der Waals surface area (Å²) in [6, 6.07) is 11.3. The molecule has 11 heteroatoms. The van der Waals surface area contributed by atoms with Crippen LogP contribution in [0.15, 0.2) is 52.2 Å². The van der Waals surface area contributed by atoms with E-state index in [0.717, 1.165) is 9.82 Å². The summed E-state index contributed by atoms with van der Waals surface area (Å²) in [4.78, 5) is 30.5. The Morgan fingerprint density at radius 1 is 1.11 bits per heavy atom. The molecule has 0 saturated heterocycles. The second-order valence-corrected chi connectivity index (χ2v) is 10.7. The number of benzene rings is 2. The molecule has 0 unspecified atom stereocenters. The second-order valence-electron chi connectivity index (χ2n) is 8.52. The van der Waals surface area contributed by atoms with Crippen molar-refractivity contribution in [1.82, 2.24) is 23.6 Å². The Hall–Kier alpha value is -3.57. The molecular weight excluding hydrogens is 470 g/mol. The largest absolute Gasteiger partial charge is 0.453 e. The van der Waals surface area contributed by atoms with Crippen LogP contribution in [-0.2, 0) is 27.9 Å². The van der Waals surface area contributed by atoms with Gasteiger partial charge in [0.2, 0.25) is 10.0 Å². The zero-order chi connectivity index (χ0) is 25.5. The van der Waals surface area contributed by atoms with Crippen molar-refractivity contribution in [1.29, 1.82) is 0 Å². The molecule has 0 aliphatic rings. The van der Waals surface area contributed by atoms with Crippen molar-refractivity contribution in [3.63, 3.8) is 0 Å². The van der Waals surface area contributed by atoms with Crippen molar-refractivity contribution in [3.05, 3.63) is 64.3 Å². The van der Waals surface area contributed by atoms with Crippen molar-refractivity contribution in [3.8, 4) is 0 Å². The molecule has 0 N–H and O–H groups in total. The molecule has 2 aromatic carbocycles. The van der Waals surface area contributed by atoms with E-state index in [1.165, 1.54) is 30.9 Å². The molecule has 4 rings (SSSR count). The molecule has 10 nitrogen and oxygen atoms in total. The van der Waals surface area contributed by atoms with Crippen LogP contribution in [0.4, 0.5) is 0 Å². The molecule has 0 saturated carbocycles. The number of nitrogens with zero attached hydrogens (tertiary/aromatic N) is 5. The van der Waals surface area contributed by atoms with Crippen LogP contribution in [0.3, 0.4) is 0 Å². The maximum Gasteiger partial charge on any atom is 0.359 e. The van der Waals surface area contributed by atoms with Crippen LogP contribution in [0.2, 0.25) is 0 Å². The van der Waals surface area contributed by atoms with E-state index in [0.29, 0.717) is 28.7 Å². The van der Waals surface area contributed by atoms with E-state index in [1.807, 2.05) is 25.3 Å². The molecule has 0 bridgehead atoms. The highest BCUT2D eigenvalue weighted by Gasteiger charge is 2.22. The number of rotatable bonds is 7. The van der Waals surface area contributed by atoms with Crippen molar-refractivity contribution in [2.24, 2.45) is 0 Å². The summed E-state index contributed by atoms with van der Waals surface area (Å²) in [7, 11) is -0.679. The summed E-state index contributed by atoms with van der Waals surface area (Å²) in [6.45, 7) is 5.94. The van der Waals surface area contributed by atoms with E-state index in [9.17, 15) is 18.0 Å². The van der Waals surface area contributed by atoms with E-state index < -0.39 is 16.0 Å². The summed E-state index contributed by atoms with van der Waals surface area (Å²) >= 11 is 0. The summed E-state index contributed by atoms with van der Waals surface area (Å²) in [6.07, 6.45) is 0. The normalized spacial score (nSPS) is 12.2. The number of aromatic nitrogens is 4. The smallest absolute Gasteiger partial charge is 0.359 e. The van der Waals surface area contributed by atoms with Gasteiger partial charge in [-0.3, -0.25) is 4.79 Å². The lowest BCUT2D eigenvalue weighted by Crippen LogP contribution is -2.28. The summed E-state index contributed by atoms with van der Waals surface area (Å²) in [5.41, 5.74) is 0.988. The number of carbonyl (C=O) groups excluding carboxylic acids is 1. The van der Waals surface area contributed by atoms with Crippen molar-refractivity contribution in [2.75, 3.05) is 14.1 Å². The highest BCUT2D eigenvalue weighted by Crippen LogP contribution is 2.23. The summed E-state index contributed by atoms with van der Waals surface area (Å²) < 4.78 is 34.9. The van der Waals surface area contributed by atoms with Gasteiger partial charge in [0.1, 0.15) is 12.4 Å². The Morgan fingerprint density at radius 2 is 1.80 bits per heavy atom. The zero-order valence-electron chi connectivity index (χ0n) is 20.2. The van der Waals surface area contributed by atoms with Gasteiger partial charge in [-0.25, -0.2) is 27.2 Å². The number of sulfonamides is 1. The molecule has 0 aliphatic heterocycles. The molecule has 0 aliphatic carbocycles. The third kappa shape index (κ3) is 4.32. The van der Waals surface area contributed by atoms with Crippen LogP contribution < -0.4 is 5.56 Å². The minimum atomic E-state index is -3.61. The number of esters is 1. The Labute approximate surface area is 202 Å². The molecular formula is C24H27N5O5S. The first-order valence-electron chi connectivity index (χ1n) is 11.2. The molecule has 2 aromatic heterocycles. The zero-order valence-corrected chi connectivity index (χ0v) is 21.0. The third-order valence-electron chi connectivity index (χ3n) is 5.74. The minimum Gasteiger partial charge on any atom is -0.453 e. The molecule has 0 fully saturated rings. The van der Waals surface area contributed by atoms with Crippen LogP contribution in [0.1, 0.15) is 43.1 Å².